The van der Waals surface area contributed by atoms with Crippen LogP contribution in [-0.2, 0) is 11.3 Å². The van der Waals surface area contributed by atoms with E-state index < -0.39 is 40.9 Å². The molecule has 0 unspecified atom stereocenters. The van der Waals surface area contributed by atoms with Gasteiger partial charge in [0, 0.05) is 30.3 Å². The largest absolute Gasteiger partial charge is 0.497 e. The lowest BCUT2D eigenvalue weighted by molar-refractivity contribution is -0.114. The van der Waals surface area contributed by atoms with Gasteiger partial charge in [0.05, 0.1) is 26.5 Å². The number of benzene rings is 2. The summed E-state index contributed by atoms with van der Waals surface area (Å²) in [5, 5.41) is 6.45. The van der Waals surface area contributed by atoms with Crippen molar-refractivity contribution in [2.75, 3.05) is 19.5 Å². The number of anilines is 1. The van der Waals surface area contributed by atoms with E-state index in [2.05, 4.69) is 10.4 Å². The van der Waals surface area contributed by atoms with E-state index >= 15 is 0 Å². The van der Waals surface area contributed by atoms with Crippen molar-refractivity contribution < 1.29 is 23.0 Å². The Hall–Kier alpha value is -4.02. The maximum absolute atomic E-state index is 14.4. The van der Waals surface area contributed by atoms with Crippen molar-refractivity contribution in [1.29, 1.82) is 0 Å². The van der Waals surface area contributed by atoms with Crippen molar-refractivity contribution in [3.63, 3.8) is 0 Å². The van der Waals surface area contributed by atoms with Crippen molar-refractivity contribution in [2.45, 2.75) is 13.5 Å². The van der Waals surface area contributed by atoms with Crippen molar-refractivity contribution in [2.24, 2.45) is 0 Å². The van der Waals surface area contributed by atoms with Crippen LogP contribution in [0.5, 0.6) is 11.6 Å². The van der Waals surface area contributed by atoms with Gasteiger partial charge in [-0.3, -0.25) is 9.59 Å². The number of ether oxygens (including phenoxy) is 2. The predicted molar refractivity (Wildman–Crippen MR) is 107 cm³/mol. The Bertz CT molecular complexity index is 1250. The first-order valence-corrected chi connectivity index (χ1v) is 8.93. The first-order chi connectivity index (χ1) is 14.7. The maximum atomic E-state index is 14.4. The van der Waals surface area contributed by atoms with Crippen molar-refractivity contribution in [3.05, 3.63) is 74.4 Å². The minimum Gasteiger partial charge on any atom is -0.497 e. The number of hydrogen-bond acceptors (Lipinski definition) is 6. The molecule has 1 heterocycles. The summed E-state index contributed by atoms with van der Waals surface area (Å²) >= 11 is 0. The van der Waals surface area contributed by atoms with E-state index in [4.69, 9.17) is 9.47 Å². The molecule has 0 aliphatic heterocycles. The molecule has 0 atom stereocenters. The molecule has 0 radical (unpaired) electrons. The van der Waals surface area contributed by atoms with Crippen LogP contribution in [0.4, 0.5) is 14.5 Å². The van der Waals surface area contributed by atoms with Crippen molar-refractivity contribution in [1.82, 2.24) is 14.3 Å². The third-order valence-corrected chi connectivity index (χ3v) is 4.30. The number of amides is 1. The van der Waals surface area contributed by atoms with Gasteiger partial charge in [0.1, 0.15) is 17.4 Å². The molecule has 11 heteroatoms. The minimum atomic E-state index is -0.988. The van der Waals surface area contributed by atoms with E-state index in [-0.39, 0.29) is 17.3 Å². The highest BCUT2D eigenvalue weighted by Gasteiger charge is 2.19. The van der Waals surface area contributed by atoms with Gasteiger partial charge in [-0.2, -0.15) is 4.68 Å². The van der Waals surface area contributed by atoms with E-state index in [1.54, 1.807) is 12.1 Å². The Morgan fingerprint density at radius 1 is 1.10 bits per heavy atom. The number of nitrogens with zero attached hydrogens (tertiary/aromatic N) is 3. The van der Waals surface area contributed by atoms with E-state index in [1.165, 1.54) is 33.3 Å². The summed E-state index contributed by atoms with van der Waals surface area (Å²) < 4.78 is 40.0. The average Bonchev–Trinajstić information content (AvgIpc) is 2.72. The predicted octanol–water partition coefficient (Wildman–Crippen LogP) is 1.70. The summed E-state index contributed by atoms with van der Waals surface area (Å²) in [6.45, 7) is 0.613. The smallest absolute Gasteiger partial charge is 0.352 e. The van der Waals surface area contributed by atoms with E-state index in [0.29, 0.717) is 10.3 Å². The Morgan fingerprint density at radius 3 is 2.35 bits per heavy atom. The monoisotopic (exact) mass is 432 g/mol. The van der Waals surface area contributed by atoms with Crippen LogP contribution in [-0.4, -0.2) is 34.5 Å². The van der Waals surface area contributed by atoms with Crippen molar-refractivity contribution >= 4 is 11.6 Å². The Balaban J connectivity index is 2.17. The first kappa shape index (κ1) is 21.7. The summed E-state index contributed by atoms with van der Waals surface area (Å²) in [6.07, 6.45) is 0. The number of methoxy groups -OCH3 is 2. The molecule has 162 valence electrons. The summed E-state index contributed by atoms with van der Waals surface area (Å²) in [4.78, 5) is 36.9. The van der Waals surface area contributed by atoms with Crippen LogP contribution < -0.4 is 26.0 Å². The number of nitrogens with one attached hydrogen (secondary N) is 1. The van der Waals surface area contributed by atoms with Crippen LogP contribution in [0, 0.1) is 11.6 Å². The Labute approximate surface area is 174 Å². The normalized spacial score (nSPS) is 10.6. The van der Waals surface area contributed by atoms with Crippen LogP contribution in [0.1, 0.15) is 12.5 Å². The minimum absolute atomic E-state index is 0.0504. The van der Waals surface area contributed by atoms with Gasteiger partial charge in [-0.15, -0.1) is 5.10 Å². The molecule has 1 amide bonds. The fourth-order valence-electron chi connectivity index (χ4n) is 2.85. The molecular formula is C20H18F2N4O5. The summed E-state index contributed by atoms with van der Waals surface area (Å²) in [6, 6.07) is 7.97. The second-order valence-corrected chi connectivity index (χ2v) is 6.40. The SMILES string of the molecule is COc1cc(F)c(Cn2c(=O)c(OC)nn(-c3cccc(NC(C)=O)c3)c2=O)c(F)c1. The molecule has 1 N–H and O–H groups in total. The lowest BCUT2D eigenvalue weighted by Gasteiger charge is -2.13. The number of halogens is 2. The second-order valence-electron chi connectivity index (χ2n) is 6.40. The number of hydrogen-bond donors (Lipinski definition) is 1. The number of carbonyl (C=O) groups is 1. The average molecular weight is 432 g/mol. The molecule has 0 bridgehead atoms. The number of carbonyl (C=O) groups excluding carboxylic acids is 1. The molecule has 31 heavy (non-hydrogen) atoms. The third kappa shape index (κ3) is 4.44. The molecule has 2 aromatic carbocycles. The molecule has 9 nitrogen and oxygen atoms in total. The lowest BCUT2D eigenvalue weighted by atomic mass is 10.2. The fourth-order valence-corrected chi connectivity index (χ4v) is 2.85. The fraction of sp³-hybridized carbons (Fsp3) is 0.200. The number of rotatable bonds is 6. The van der Waals surface area contributed by atoms with Gasteiger partial charge in [0.25, 0.3) is 5.88 Å². The Kier molecular flexibility index (Phi) is 6.14. The zero-order valence-electron chi connectivity index (χ0n) is 16.8. The molecule has 1 aromatic heterocycles. The van der Waals surface area contributed by atoms with Gasteiger partial charge >= 0.3 is 11.2 Å². The van der Waals surface area contributed by atoms with Gasteiger partial charge in [-0.1, -0.05) is 6.07 Å². The van der Waals surface area contributed by atoms with E-state index in [1.807, 2.05) is 0 Å². The molecule has 0 saturated heterocycles. The van der Waals surface area contributed by atoms with Gasteiger partial charge in [-0.05, 0) is 18.2 Å². The molecule has 0 aliphatic rings. The molecule has 0 saturated carbocycles. The van der Waals surface area contributed by atoms with Crippen LogP contribution in [0.25, 0.3) is 5.69 Å². The molecule has 3 aromatic rings. The van der Waals surface area contributed by atoms with Crippen LogP contribution in [0.3, 0.4) is 0 Å². The zero-order chi connectivity index (χ0) is 22.7. The summed E-state index contributed by atoms with van der Waals surface area (Å²) in [7, 11) is 2.42. The van der Waals surface area contributed by atoms with Gasteiger partial charge in [-0.25, -0.2) is 18.1 Å². The summed E-state index contributed by atoms with van der Waals surface area (Å²) in [5.41, 5.74) is -1.86. The zero-order valence-corrected chi connectivity index (χ0v) is 16.8. The molecule has 3 rings (SSSR count). The highest BCUT2D eigenvalue weighted by molar-refractivity contribution is 5.88. The van der Waals surface area contributed by atoms with Crippen LogP contribution in [0.2, 0.25) is 0 Å². The molecule has 0 fully saturated rings. The van der Waals surface area contributed by atoms with Gasteiger partial charge < -0.3 is 14.8 Å². The second kappa shape index (κ2) is 8.78. The third-order valence-electron chi connectivity index (χ3n) is 4.30. The maximum Gasteiger partial charge on any atom is 0.352 e. The summed E-state index contributed by atoms with van der Waals surface area (Å²) in [5.74, 6) is -2.81. The first-order valence-electron chi connectivity index (χ1n) is 8.93. The quantitative estimate of drug-likeness (QED) is 0.636. The molecule has 0 aliphatic carbocycles. The number of aromatic nitrogens is 3. The van der Waals surface area contributed by atoms with Crippen LogP contribution in [0.15, 0.2) is 46.0 Å². The molecule has 0 spiro atoms. The lowest BCUT2D eigenvalue weighted by Crippen LogP contribution is -2.41. The van der Waals surface area contributed by atoms with Gasteiger partial charge in [0.15, 0.2) is 0 Å². The van der Waals surface area contributed by atoms with Crippen LogP contribution >= 0.6 is 0 Å². The highest BCUT2D eigenvalue weighted by Crippen LogP contribution is 2.21. The standard InChI is InChI=1S/C20H18F2N4O5/c1-11(27)23-12-5-4-6-13(7-12)26-20(29)25(19(28)18(24-26)31-3)10-15-16(21)8-14(30-2)9-17(15)22/h4-9H,10H2,1-3H3,(H,23,27). The topological polar surface area (TPSA) is 104 Å². The Morgan fingerprint density at radius 2 is 1.77 bits per heavy atom. The van der Waals surface area contributed by atoms with E-state index in [0.717, 1.165) is 16.8 Å². The van der Waals surface area contributed by atoms with Crippen molar-refractivity contribution in [3.8, 4) is 17.3 Å². The van der Waals surface area contributed by atoms with Gasteiger partial charge in [0.2, 0.25) is 5.91 Å². The van der Waals surface area contributed by atoms with E-state index in [9.17, 15) is 23.2 Å². The molecular weight excluding hydrogens is 414 g/mol. The highest BCUT2D eigenvalue weighted by atomic mass is 19.1.